The second-order valence-electron chi connectivity index (χ2n) is 7.91. The van der Waals surface area contributed by atoms with Gasteiger partial charge in [-0.2, -0.15) is 0 Å². The molecule has 0 aliphatic rings. The van der Waals surface area contributed by atoms with Crippen LogP contribution in [0.3, 0.4) is 0 Å². The summed E-state index contributed by atoms with van der Waals surface area (Å²) in [7, 11) is 0. The fraction of sp³-hybridized carbons (Fsp3) is 0.160. The number of rotatable bonds is 6. The first-order chi connectivity index (χ1) is 16.3. The highest BCUT2D eigenvalue weighted by Gasteiger charge is 2.19. The van der Waals surface area contributed by atoms with Crippen LogP contribution in [-0.2, 0) is 4.79 Å². The average Bonchev–Trinajstić information content (AvgIpc) is 2.80. The van der Waals surface area contributed by atoms with Crippen LogP contribution in [0.5, 0.6) is 0 Å². The number of nitro benzene ring substituents is 1. The Morgan fingerprint density at radius 2 is 1.76 bits per heavy atom. The minimum atomic E-state index is -0.529. The van der Waals surface area contributed by atoms with Crippen molar-refractivity contribution in [2.75, 3.05) is 11.1 Å². The summed E-state index contributed by atoms with van der Waals surface area (Å²) in [5.74, 6) is -0.520. The number of para-hydroxylation sites is 2. The third-order valence-electron chi connectivity index (χ3n) is 5.36. The summed E-state index contributed by atoms with van der Waals surface area (Å²) in [4.78, 5) is 41.7. The van der Waals surface area contributed by atoms with Crippen molar-refractivity contribution in [3.05, 3.63) is 97.8 Å². The van der Waals surface area contributed by atoms with E-state index in [4.69, 9.17) is 0 Å². The van der Waals surface area contributed by atoms with Gasteiger partial charge >= 0.3 is 0 Å². The van der Waals surface area contributed by atoms with E-state index in [-0.39, 0.29) is 22.7 Å². The van der Waals surface area contributed by atoms with E-state index in [0.29, 0.717) is 16.1 Å². The monoisotopic (exact) mass is 474 g/mol. The molecule has 1 aromatic heterocycles. The number of fused-ring (bicyclic) bond motifs is 1. The Balaban J connectivity index is 1.71. The maximum atomic E-state index is 13.5. The van der Waals surface area contributed by atoms with E-state index in [1.807, 2.05) is 32.0 Å². The standard InChI is InChI=1S/C25H22N4O4S/c1-15-11-12-20(21(13-15)29(32)33)26-22(30)14-34-25-27-19-10-5-4-9-18(19)24(31)28(25)23-16(2)7-6-8-17(23)3/h4-13H,14H2,1-3H3,(H,26,30). The first kappa shape index (κ1) is 23.2. The molecule has 0 radical (unpaired) electrons. The zero-order chi connectivity index (χ0) is 24.4. The summed E-state index contributed by atoms with van der Waals surface area (Å²) in [5, 5.41) is 14.8. The van der Waals surface area contributed by atoms with Crippen molar-refractivity contribution in [3.63, 3.8) is 0 Å². The predicted octanol–water partition coefficient (Wildman–Crippen LogP) is 4.95. The summed E-state index contributed by atoms with van der Waals surface area (Å²) >= 11 is 1.10. The second-order valence-corrected chi connectivity index (χ2v) is 8.85. The van der Waals surface area contributed by atoms with E-state index < -0.39 is 10.8 Å². The number of aromatic nitrogens is 2. The van der Waals surface area contributed by atoms with Crippen LogP contribution in [-0.4, -0.2) is 26.1 Å². The highest BCUT2D eigenvalue weighted by Crippen LogP contribution is 2.28. The van der Waals surface area contributed by atoms with Crippen molar-refractivity contribution < 1.29 is 9.72 Å². The molecule has 8 nitrogen and oxygen atoms in total. The predicted molar refractivity (Wildman–Crippen MR) is 134 cm³/mol. The van der Waals surface area contributed by atoms with E-state index in [1.165, 1.54) is 12.1 Å². The lowest BCUT2D eigenvalue weighted by Crippen LogP contribution is -2.24. The lowest BCUT2D eigenvalue weighted by molar-refractivity contribution is -0.384. The van der Waals surface area contributed by atoms with Gasteiger partial charge in [0, 0.05) is 6.07 Å². The number of hydrogen-bond acceptors (Lipinski definition) is 6. The average molecular weight is 475 g/mol. The van der Waals surface area contributed by atoms with Crippen LogP contribution in [0.4, 0.5) is 11.4 Å². The maximum Gasteiger partial charge on any atom is 0.293 e. The highest BCUT2D eigenvalue weighted by atomic mass is 32.2. The summed E-state index contributed by atoms with van der Waals surface area (Å²) in [6, 6.07) is 17.4. The quantitative estimate of drug-likeness (QED) is 0.183. The number of carbonyl (C=O) groups is 1. The van der Waals surface area contributed by atoms with E-state index in [9.17, 15) is 19.7 Å². The number of nitrogens with zero attached hydrogens (tertiary/aromatic N) is 3. The molecule has 4 aromatic rings. The summed E-state index contributed by atoms with van der Waals surface area (Å²) in [6.07, 6.45) is 0. The Kier molecular flexibility index (Phi) is 6.47. The Labute approximate surface area is 199 Å². The van der Waals surface area contributed by atoms with Gasteiger partial charge < -0.3 is 5.32 Å². The molecule has 34 heavy (non-hydrogen) atoms. The number of aryl methyl sites for hydroxylation is 3. The number of benzene rings is 3. The first-order valence-corrected chi connectivity index (χ1v) is 11.5. The lowest BCUT2D eigenvalue weighted by atomic mass is 10.1. The topological polar surface area (TPSA) is 107 Å². The molecule has 1 heterocycles. The molecular formula is C25H22N4O4S. The Morgan fingerprint density at radius 3 is 2.47 bits per heavy atom. The van der Waals surface area contributed by atoms with Crippen molar-refractivity contribution in [1.82, 2.24) is 9.55 Å². The fourth-order valence-electron chi connectivity index (χ4n) is 3.78. The minimum Gasteiger partial charge on any atom is -0.320 e. The van der Waals surface area contributed by atoms with Gasteiger partial charge in [-0.15, -0.1) is 0 Å². The Morgan fingerprint density at radius 1 is 1.06 bits per heavy atom. The normalized spacial score (nSPS) is 10.9. The number of nitrogens with one attached hydrogen (secondary N) is 1. The van der Waals surface area contributed by atoms with Gasteiger partial charge in [0.25, 0.3) is 11.2 Å². The third-order valence-corrected chi connectivity index (χ3v) is 6.30. The smallest absolute Gasteiger partial charge is 0.293 e. The number of hydrogen-bond donors (Lipinski definition) is 1. The number of thioether (sulfide) groups is 1. The largest absolute Gasteiger partial charge is 0.320 e. The molecule has 0 saturated heterocycles. The molecule has 1 N–H and O–H groups in total. The molecule has 1 amide bonds. The van der Waals surface area contributed by atoms with Gasteiger partial charge in [-0.05, 0) is 55.7 Å². The molecule has 0 fully saturated rings. The van der Waals surface area contributed by atoms with Gasteiger partial charge in [-0.3, -0.25) is 24.3 Å². The van der Waals surface area contributed by atoms with Crippen molar-refractivity contribution in [3.8, 4) is 5.69 Å². The zero-order valence-electron chi connectivity index (χ0n) is 18.9. The van der Waals surface area contributed by atoms with Crippen molar-refractivity contribution in [2.45, 2.75) is 25.9 Å². The number of amides is 1. The molecule has 0 saturated carbocycles. The van der Waals surface area contributed by atoms with Gasteiger partial charge in [-0.25, -0.2) is 4.98 Å². The SMILES string of the molecule is Cc1ccc(NC(=O)CSc2nc3ccccc3c(=O)n2-c2c(C)cccc2C)c([N+](=O)[O-])c1. The molecule has 172 valence electrons. The van der Waals surface area contributed by atoms with E-state index >= 15 is 0 Å². The van der Waals surface area contributed by atoms with Crippen molar-refractivity contribution in [1.29, 1.82) is 0 Å². The zero-order valence-corrected chi connectivity index (χ0v) is 19.7. The van der Waals surface area contributed by atoms with Crippen LogP contribution in [0.15, 0.2) is 70.6 Å². The van der Waals surface area contributed by atoms with E-state index in [0.717, 1.165) is 34.1 Å². The molecular weight excluding hydrogens is 452 g/mol. The van der Waals surface area contributed by atoms with E-state index in [1.54, 1.807) is 41.8 Å². The molecule has 0 atom stereocenters. The van der Waals surface area contributed by atoms with Crippen molar-refractivity contribution in [2.24, 2.45) is 0 Å². The first-order valence-electron chi connectivity index (χ1n) is 10.5. The molecule has 0 unspecified atom stereocenters. The maximum absolute atomic E-state index is 13.5. The van der Waals surface area contributed by atoms with Crippen LogP contribution in [0.25, 0.3) is 16.6 Å². The van der Waals surface area contributed by atoms with Gasteiger partial charge in [-0.1, -0.05) is 48.2 Å². The van der Waals surface area contributed by atoms with E-state index in [2.05, 4.69) is 10.3 Å². The molecule has 0 bridgehead atoms. The molecule has 3 aromatic carbocycles. The Bertz CT molecular complexity index is 1480. The van der Waals surface area contributed by atoms with Gasteiger partial charge in [0.15, 0.2) is 5.16 Å². The minimum absolute atomic E-state index is 0.0826. The lowest BCUT2D eigenvalue weighted by Gasteiger charge is -2.17. The summed E-state index contributed by atoms with van der Waals surface area (Å²) in [5.41, 5.74) is 3.52. The molecule has 0 aliphatic carbocycles. The van der Waals surface area contributed by atoms with Crippen LogP contribution in [0.1, 0.15) is 16.7 Å². The number of nitro groups is 1. The van der Waals surface area contributed by atoms with Crippen LogP contribution in [0.2, 0.25) is 0 Å². The second kappa shape index (κ2) is 9.48. The molecule has 0 aliphatic heterocycles. The van der Waals surface area contributed by atoms with Crippen LogP contribution >= 0.6 is 11.8 Å². The third kappa shape index (κ3) is 4.55. The molecule has 4 rings (SSSR count). The molecule has 0 spiro atoms. The highest BCUT2D eigenvalue weighted by molar-refractivity contribution is 7.99. The number of carbonyl (C=O) groups excluding carboxylic acids is 1. The number of anilines is 1. The van der Waals surface area contributed by atoms with Crippen LogP contribution < -0.4 is 10.9 Å². The van der Waals surface area contributed by atoms with Crippen molar-refractivity contribution >= 4 is 39.9 Å². The van der Waals surface area contributed by atoms with Crippen LogP contribution in [0, 0.1) is 30.9 Å². The summed E-state index contributed by atoms with van der Waals surface area (Å²) < 4.78 is 1.54. The summed E-state index contributed by atoms with van der Waals surface area (Å²) in [6.45, 7) is 5.58. The van der Waals surface area contributed by atoms with Gasteiger partial charge in [0.1, 0.15) is 5.69 Å². The van der Waals surface area contributed by atoms with Gasteiger partial charge in [0.2, 0.25) is 5.91 Å². The fourth-order valence-corrected chi connectivity index (χ4v) is 4.58. The Hall–Kier alpha value is -3.98. The van der Waals surface area contributed by atoms with Gasteiger partial charge in [0.05, 0.1) is 27.3 Å². The molecule has 9 heteroatoms.